The fraction of sp³-hybridized carbons (Fsp3) is 0.538. The second kappa shape index (κ2) is 9.41. The molecule has 1 saturated heterocycles. The summed E-state index contributed by atoms with van der Waals surface area (Å²) < 4.78 is 59.4. The van der Waals surface area contributed by atoms with Crippen LogP contribution in [0.3, 0.4) is 0 Å². The number of benzene rings is 1. The first-order chi connectivity index (χ1) is 16.3. The molecule has 5 nitrogen and oxygen atoms in total. The number of piperidine rings is 1. The highest BCUT2D eigenvalue weighted by Crippen LogP contribution is 2.46. The fourth-order valence-corrected chi connectivity index (χ4v) is 4.78. The van der Waals surface area contributed by atoms with Crippen LogP contribution in [0.2, 0.25) is 0 Å². The SMILES string of the molecule is CC(C)(C)c1c(F)c(C(=O)O)cc(C2CC2)c1CN1CCC(Oc2ccc(C(F)(F)F)cn2)CC1. The van der Waals surface area contributed by atoms with E-state index in [0.29, 0.717) is 38.0 Å². The molecule has 2 aliphatic rings. The van der Waals surface area contributed by atoms with E-state index in [2.05, 4.69) is 9.88 Å². The van der Waals surface area contributed by atoms with Crippen LogP contribution >= 0.6 is 0 Å². The molecule has 0 amide bonds. The Balaban J connectivity index is 1.48. The van der Waals surface area contributed by atoms with Crippen LogP contribution in [0.5, 0.6) is 5.88 Å². The van der Waals surface area contributed by atoms with Crippen molar-refractivity contribution in [2.24, 2.45) is 0 Å². The Morgan fingerprint density at radius 3 is 2.29 bits per heavy atom. The van der Waals surface area contributed by atoms with Crippen LogP contribution in [-0.2, 0) is 18.1 Å². The Morgan fingerprint density at radius 2 is 1.80 bits per heavy atom. The number of halogens is 4. The number of likely N-dealkylation sites (tertiary alicyclic amines) is 1. The van der Waals surface area contributed by atoms with Crippen molar-refractivity contribution in [3.05, 3.63) is 58.0 Å². The Hall–Kier alpha value is -2.68. The van der Waals surface area contributed by atoms with Crippen LogP contribution in [0.4, 0.5) is 17.6 Å². The van der Waals surface area contributed by atoms with Gasteiger partial charge in [0.2, 0.25) is 5.88 Å². The van der Waals surface area contributed by atoms with Crippen LogP contribution in [0.1, 0.15) is 85.0 Å². The van der Waals surface area contributed by atoms with E-state index in [1.54, 1.807) is 0 Å². The smallest absolute Gasteiger partial charge is 0.417 e. The molecule has 4 rings (SSSR count). The number of ether oxygens (including phenoxy) is 1. The molecule has 1 saturated carbocycles. The van der Waals surface area contributed by atoms with Gasteiger partial charge in [-0.2, -0.15) is 13.2 Å². The Morgan fingerprint density at radius 1 is 1.14 bits per heavy atom. The summed E-state index contributed by atoms with van der Waals surface area (Å²) in [6.07, 6.45) is -0.595. The topological polar surface area (TPSA) is 62.7 Å². The lowest BCUT2D eigenvalue weighted by molar-refractivity contribution is -0.137. The molecule has 1 N–H and O–H groups in total. The summed E-state index contributed by atoms with van der Waals surface area (Å²) in [5.41, 5.74) is 0.627. The van der Waals surface area contributed by atoms with E-state index in [-0.39, 0.29) is 23.5 Å². The molecule has 1 aliphatic heterocycles. The minimum atomic E-state index is -4.44. The predicted octanol–water partition coefficient (Wildman–Crippen LogP) is 6.16. The van der Waals surface area contributed by atoms with Crippen molar-refractivity contribution in [2.75, 3.05) is 13.1 Å². The number of rotatable bonds is 6. The molecule has 2 fully saturated rings. The molecule has 9 heteroatoms. The number of pyridine rings is 1. The standard InChI is InChI=1S/C26H30F4N2O3/c1-25(2,3)22-20(18(15-4-5-15)12-19(23(22)27)24(33)34)14-32-10-8-17(9-11-32)35-21-7-6-16(13-31-21)26(28,29)30/h6-7,12-13,15,17H,4-5,8-11,14H2,1-3H3,(H,33,34). The molecule has 2 heterocycles. The largest absolute Gasteiger partial charge is 0.478 e. The van der Waals surface area contributed by atoms with Crippen molar-refractivity contribution in [3.63, 3.8) is 0 Å². The minimum Gasteiger partial charge on any atom is -0.478 e. The molecule has 1 aliphatic carbocycles. The molecule has 190 valence electrons. The maximum absolute atomic E-state index is 15.4. The summed E-state index contributed by atoms with van der Waals surface area (Å²) in [5, 5.41) is 9.57. The molecule has 2 aromatic rings. The monoisotopic (exact) mass is 494 g/mol. The molecule has 0 bridgehead atoms. The molecule has 0 spiro atoms. The third-order valence-corrected chi connectivity index (χ3v) is 6.67. The zero-order valence-electron chi connectivity index (χ0n) is 20.1. The van der Waals surface area contributed by atoms with Crippen molar-refractivity contribution < 1.29 is 32.2 Å². The highest BCUT2D eigenvalue weighted by atomic mass is 19.4. The van der Waals surface area contributed by atoms with Crippen LogP contribution in [0.15, 0.2) is 24.4 Å². The summed E-state index contributed by atoms with van der Waals surface area (Å²) in [5.74, 6) is -1.49. The van der Waals surface area contributed by atoms with Crippen LogP contribution in [0, 0.1) is 5.82 Å². The number of carbonyl (C=O) groups is 1. The van der Waals surface area contributed by atoms with E-state index in [0.717, 1.165) is 36.2 Å². The maximum atomic E-state index is 15.4. The summed E-state index contributed by atoms with van der Waals surface area (Å²) >= 11 is 0. The van der Waals surface area contributed by atoms with E-state index >= 15 is 4.39 Å². The van der Waals surface area contributed by atoms with Gasteiger partial charge in [-0.15, -0.1) is 0 Å². The van der Waals surface area contributed by atoms with Crippen molar-refractivity contribution in [2.45, 2.75) is 76.6 Å². The fourth-order valence-electron chi connectivity index (χ4n) is 4.78. The molecule has 0 unspecified atom stereocenters. The summed E-state index contributed by atoms with van der Waals surface area (Å²) in [4.78, 5) is 17.7. The second-order valence-electron chi connectivity index (χ2n) is 10.5. The third-order valence-electron chi connectivity index (χ3n) is 6.67. The van der Waals surface area contributed by atoms with Crippen LogP contribution < -0.4 is 4.74 Å². The highest BCUT2D eigenvalue weighted by Gasteiger charge is 2.36. The second-order valence-corrected chi connectivity index (χ2v) is 10.5. The number of alkyl halides is 3. The molecular weight excluding hydrogens is 464 g/mol. The summed E-state index contributed by atoms with van der Waals surface area (Å²) in [7, 11) is 0. The lowest BCUT2D eigenvalue weighted by Gasteiger charge is -2.34. The van der Waals surface area contributed by atoms with Crippen molar-refractivity contribution in [1.82, 2.24) is 9.88 Å². The lowest BCUT2D eigenvalue weighted by atomic mass is 9.79. The zero-order valence-corrected chi connectivity index (χ0v) is 20.1. The van der Waals surface area contributed by atoms with Crippen LogP contribution in [0.25, 0.3) is 0 Å². The van der Waals surface area contributed by atoms with Gasteiger partial charge in [-0.3, -0.25) is 4.90 Å². The number of hydrogen-bond acceptors (Lipinski definition) is 4. The molecule has 0 atom stereocenters. The Bertz CT molecular complexity index is 1080. The van der Waals surface area contributed by atoms with Gasteiger partial charge >= 0.3 is 12.1 Å². The van der Waals surface area contributed by atoms with Gasteiger partial charge in [0.1, 0.15) is 11.9 Å². The first-order valence-electron chi connectivity index (χ1n) is 11.9. The minimum absolute atomic E-state index is 0.161. The lowest BCUT2D eigenvalue weighted by Crippen LogP contribution is -2.38. The van der Waals surface area contributed by atoms with Gasteiger partial charge in [-0.25, -0.2) is 14.2 Å². The zero-order chi connectivity index (χ0) is 25.5. The van der Waals surface area contributed by atoms with E-state index in [9.17, 15) is 23.1 Å². The van der Waals surface area contributed by atoms with Gasteiger partial charge in [-0.1, -0.05) is 20.8 Å². The quantitative estimate of drug-likeness (QED) is 0.488. The number of aromatic carboxylic acids is 1. The van der Waals surface area contributed by atoms with Gasteiger partial charge in [-0.05, 0) is 65.8 Å². The molecular formula is C26H30F4N2O3. The van der Waals surface area contributed by atoms with E-state index < -0.39 is 28.9 Å². The predicted molar refractivity (Wildman–Crippen MR) is 122 cm³/mol. The Kier molecular flexibility index (Phi) is 6.83. The van der Waals surface area contributed by atoms with Crippen molar-refractivity contribution in [1.29, 1.82) is 0 Å². The van der Waals surface area contributed by atoms with E-state index in [4.69, 9.17) is 4.74 Å². The Labute approximate surface area is 202 Å². The number of carboxylic acid groups (broad SMARTS) is 1. The van der Waals surface area contributed by atoms with Gasteiger partial charge < -0.3 is 9.84 Å². The van der Waals surface area contributed by atoms with Gasteiger partial charge in [0, 0.05) is 31.9 Å². The van der Waals surface area contributed by atoms with Gasteiger partial charge in [0.15, 0.2) is 0 Å². The van der Waals surface area contributed by atoms with Gasteiger partial charge in [0.25, 0.3) is 0 Å². The summed E-state index contributed by atoms with van der Waals surface area (Å²) in [6.45, 7) is 7.54. The number of nitrogens with zero attached hydrogens (tertiary/aromatic N) is 2. The normalized spacial score (nSPS) is 18.0. The van der Waals surface area contributed by atoms with Crippen LogP contribution in [-0.4, -0.2) is 40.2 Å². The number of hydrogen-bond donors (Lipinski definition) is 1. The van der Waals surface area contributed by atoms with Gasteiger partial charge in [0.05, 0.1) is 11.1 Å². The average molecular weight is 495 g/mol. The van der Waals surface area contributed by atoms with E-state index in [1.807, 2.05) is 20.8 Å². The van der Waals surface area contributed by atoms with Crippen molar-refractivity contribution >= 4 is 5.97 Å². The number of aromatic nitrogens is 1. The summed E-state index contributed by atoms with van der Waals surface area (Å²) in [6, 6.07) is 3.71. The average Bonchev–Trinajstić information content (AvgIpc) is 3.59. The van der Waals surface area contributed by atoms with Crippen molar-refractivity contribution in [3.8, 4) is 5.88 Å². The first kappa shape index (κ1) is 25.4. The molecule has 1 aromatic heterocycles. The molecule has 0 radical (unpaired) electrons. The first-order valence-corrected chi connectivity index (χ1v) is 11.9. The third kappa shape index (κ3) is 5.77. The molecule has 1 aromatic carbocycles. The maximum Gasteiger partial charge on any atom is 0.417 e. The number of carboxylic acids is 1. The molecule has 35 heavy (non-hydrogen) atoms. The highest BCUT2D eigenvalue weighted by molar-refractivity contribution is 5.89. The van der Waals surface area contributed by atoms with E-state index in [1.165, 1.54) is 12.1 Å².